The van der Waals surface area contributed by atoms with E-state index in [1.807, 2.05) is 78.5 Å². The number of aliphatic hydroxyl groups excluding tert-OH is 1. The third-order valence-electron chi connectivity index (χ3n) is 8.76. The van der Waals surface area contributed by atoms with Crippen molar-refractivity contribution in [1.29, 1.82) is 0 Å². The summed E-state index contributed by atoms with van der Waals surface area (Å²) in [6, 6.07) is 23.0. The molecule has 5 rings (SSSR count). The van der Waals surface area contributed by atoms with E-state index in [9.17, 15) is 23.1 Å². The maximum atomic E-state index is 14.0. The van der Waals surface area contributed by atoms with Gasteiger partial charge < -0.3 is 20.6 Å². The summed E-state index contributed by atoms with van der Waals surface area (Å²) in [5.41, 5.74) is 3.45. The second-order valence-electron chi connectivity index (χ2n) is 12.2. The Morgan fingerprint density at radius 2 is 1.71 bits per heavy atom. The zero-order valence-electron chi connectivity index (χ0n) is 27.6. The summed E-state index contributed by atoms with van der Waals surface area (Å²) in [6.45, 7) is 4.00. The minimum absolute atomic E-state index is 0.118. The smallest absolute Gasteiger partial charge is 0.254 e. The highest BCUT2D eigenvalue weighted by atomic mass is 32.2. The number of nitrogens with one attached hydrogen (secondary N) is 2. The summed E-state index contributed by atoms with van der Waals surface area (Å²) >= 11 is 0. The Balaban J connectivity index is 1.40. The van der Waals surface area contributed by atoms with E-state index in [0.717, 1.165) is 46.6 Å². The molecule has 1 unspecified atom stereocenters. The fraction of sp³-hybridized carbons (Fsp3) is 0.361. The molecule has 0 bridgehead atoms. The van der Waals surface area contributed by atoms with Crippen molar-refractivity contribution in [2.75, 3.05) is 30.7 Å². The number of hydrogen-bond donors (Lipinski definition) is 3. The minimum Gasteiger partial charge on any atom is -0.390 e. The van der Waals surface area contributed by atoms with Gasteiger partial charge in [-0.15, -0.1) is 0 Å². The van der Waals surface area contributed by atoms with E-state index in [0.29, 0.717) is 19.5 Å². The number of anilines is 1. The molecule has 0 aliphatic carbocycles. The van der Waals surface area contributed by atoms with Gasteiger partial charge in [0.2, 0.25) is 10.0 Å². The Labute approximate surface area is 282 Å². The zero-order chi connectivity index (χ0) is 34.3. The lowest BCUT2D eigenvalue weighted by molar-refractivity contribution is 0.0735. The van der Waals surface area contributed by atoms with Crippen molar-refractivity contribution in [2.24, 2.45) is 0 Å². The maximum absolute atomic E-state index is 14.0. The average Bonchev–Trinajstić information content (AvgIpc) is 3.78. The second kappa shape index (κ2) is 15.6. The Morgan fingerprint density at radius 3 is 2.38 bits per heavy atom. The van der Waals surface area contributed by atoms with Crippen LogP contribution in [0.4, 0.5) is 5.69 Å². The van der Waals surface area contributed by atoms with E-state index < -0.39 is 28.1 Å². The van der Waals surface area contributed by atoms with Gasteiger partial charge in [-0.25, -0.2) is 8.42 Å². The summed E-state index contributed by atoms with van der Waals surface area (Å²) in [6.07, 6.45) is 5.80. The number of benzene rings is 3. The first-order chi connectivity index (χ1) is 23.0. The van der Waals surface area contributed by atoms with Gasteiger partial charge in [-0.1, -0.05) is 60.7 Å². The summed E-state index contributed by atoms with van der Waals surface area (Å²) in [5, 5.41) is 21.8. The molecular formula is C36H44N6O5S. The lowest BCUT2D eigenvalue weighted by Gasteiger charge is -2.27. The van der Waals surface area contributed by atoms with Gasteiger partial charge in [0, 0.05) is 56.1 Å². The molecule has 1 fully saturated rings. The molecule has 12 heteroatoms. The second-order valence-corrected chi connectivity index (χ2v) is 14.3. The zero-order valence-corrected chi connectivity index (χ0v) is 28.4. The fourth-order valence-electron chi connectivity index (χ4n) is 6.02. The van der Waals surface area contributed by atoms with E-state index in [2.05, 4.69) is 15.7 Å². The highest BCUT2D eigenvalue weighted by molar-refractivity contribution is 7.92. The molecule has 3 aromatic carbocycles. The molecule has 1 aliphatic heterocycles. The van der Waals surface area contributed by atoms with Crippen LogP contribution in [0, 0.1) is 0 Å². The van der Waals surface area contributed by atoms with Crippen molar-refractivity contribution < 1.29 is 23.1 Å². The third-order valence-corrected chi connectivity index (χ3v) is 9.96. The normalized spacial score (nSPS) is 16.0. The molecule has 1 aromatic heterocycles. The van der Waals surface area contributed by atoms with E-state index >= 15 is 0 Å². The van der Waals surface area contributed by atoms with Gasteiger partial charge in [-0.3, -0.25) is 18.6 Å². The Bertz CT molecular complexity index is 1800. The molecule has 2 heterocycles. The van der Waals surface area contributed by atoms with E-state index in [1.165, 1.54) is 25.2 Å². The van der Waals surface area contributed by atoms with Crippen LogP contribution in [0.3, 0.4) is 0 Å². The van der Waals surface area contributed by atoms with Crippen LogP contribution in [0.15, 0.2) is 91.3 Å². The van der Waals surface area contributed by atoms with Gasteiger partial charge in [0.15, 0.2) is 0 Å². The number of hydrogen-bond acceptors (Lipinski definition) is 7. The quantitative estimate of drug-likeness (QED) is 0.186. The number of carbonyl (C=O) groups is 2. The molecule has 0 spiro atoms. The van der Waals surface area contributed by atoms with Gasteiger partial charge in [0.05, 0.1) is 36.3 Å². The Kier molecular flexibility index (Phi) is 11.3. The molecule has 0 saturated carbocycles. The number of sulfonamides is 1. The van der Waals surface area contributed by atoms with Crippen LogP contribution >= 0.6 is 0 Å². The topological polar surface area (TPSA) is 137 Å². The van der Waals surface area contributed by atoms with Crippen LogP contribution in [0.1, 0.15) is 63.2 Å². The van der Waals surface area contributed by atoms with Gasteiger partial charge in [0.1, 0.15) is 0 Å². The molecular weight excluding hydrogens is 629 g/mol. The van der Waals surface area contributed by atoms with Crippen molar-refractivity contribution in [3.63, 3.8) is 0 Å². The number of rotatable bonds is 14. The molecule has 2 amide bonds. The summed E-state index contributed by atoms with van der Waals surface area (Å²) < 4.78 is 28.0. The lowest BCUT2D eigenvalue weighted by atomic mass is 9.99. The fourth-order valence-corrected chi connectivity index (χ4v) is 6.51. The van der Waals surface area contributed by atoms with Crippen LogP contribution in [0.2, 0.25) is 0 Å². The van der Waals surface area contributed by atoms with Crippen LogP contribution in [0.25, 0.3) is 0 Å². The SMILES string of the molecule is CCn1cc(CNC[C@@H](O)[C@H](Cc2ccccc2)NC(=O)c2cc(C(=O)N3CCCC3c3ccccc3)cc(N(C)S(C)(=O)=O)c2)cn1. The molecule has 4 aromatic rings. The number of carbonyl (C=O) groups excluding carboxylic acids is 2. The molecule has 254 valence electrons. The maximum Gasteiger partial charge on any atom is 0.254 e. The third kappa shape index (κ3) is 8.68. The first-order valence-electron chi connectivity index (χ1n) is 16.2. The van der Waals surface area contributed by atoms with E-state index in [1.54, 1.807) is 11.1 Å². The van der Waals surface area contributed by atoms with Crippen LogP contribution < -0.4 is 14.9 Å². The highest BCUT2D eigenvalue weighted by Gasteiger charge is 2.32. The Morgan fingerprint density at radius 1 is 1.02 bits per heavy atom. The van der Waals surface area contributed by atoms with Gasteiger partial charge in [0.25, 0.3) is 11.8 Å². The van der Waals surface area contributed by atoms with Crippen LogP contribution in [0.5, 0.6) is 0 Å². The summed E-state index contributed by atoms with van der Waals surface area (Å²) in [7, 11) is -2.31. The van der Waals surface area contributed by atoms with Crippen molar-refractivity contribution in [3.8, 4) is 0 Å². The van der Waals surface area contributed by atoms with E-state index in [4.69, 9.17) is 0 Å². The summed E-state index contributed by atoms with van der Waals surface area (Å²) in [4.78, 5) is 29.8. The van der Waals surface area contributed by atoms with Gasteiger partial charge in [-0.05, 0) is 55.5 Å². The number of amides is 2. The molecule has 3 N–H and O–H groups in total. The number of aromatic nitrogens is 2. The van der Waals surface area contributed by atoms with Crippen LogP contribution in [-0.4, -0.2) is 78.6 Å². The standard InChI is InChI=1S/C36H44N6O5S/c1-4-41-25-27(23-38-41)22-37-24-34(43)32(18-26-12-7-5-8-13-26)39-35(44)29-19-30(21-31(20-29)40(2)48(3,46)47)36(45)42-17-11-16-33(42)28-14-9-6-10-15-28/h5-10,12-15,19-21,23,25,32-34,37,43H,4,11,16-18,22,24H2,1-3H3,(H,39,44)/t32-,33?,34+/m0/s1. The minimum atomic E-state index is -3.70. The van der Waals surface area contributed by atoms with Crippen molar-refractivity contribution in [2.45, 2.75) is 57.5 Å². The van der Waals surface area contributed by atoms with E-state index in [-0.39, 0.29) is 35.3 Å². The number of nitrogens with zero attached hydrogens (tertiary/aromatic N) is 4. The van der Waals surface area contributed by atoms with Crippen molar-refractivity contribution in [3.05, 3.63) is 119 Å². The number of aliphatic hydroxyl groups is 1. The van der Waals surface area contributed by atoms with Gasteiger partial charge in [-0.2, -0.15) is 5.10 Å². The molecule has 1 saturated heterocycles. The molecule has 48 heavy (non-hydrogen) atoms. The molecule has 11 nitrogen and oxygen atoms in total. The first kappa shape index (κ1) is 34.8. The largest absolute Gasteiger partial charge is 0.390 e. The molecule has 3 atom stereocenters. The lowest BCUT2D eigenvalue weighted by Crippen LogP contribution is -2.48. The Hall–Kier alpha value is -4.52. The summed E-state index contributed by atoms with van der Waals surface area (Å²) in [5.74, 6) is -0.811. The van der Waals surface area contributed by atoms with Crippen molar-refractivity contribution >= 4 is 27.5 Å². The monoisotopic (exact) mass is 672 g/mol. The molecule has 0 radical (unpaired) electrons. The predicted octanol–water partition coefficient (Wildman–Crippen LogP) is 3.77. The predicted molar refractivity (Wildman–Crippen MR) is 186 cm³/mol. The van der Waals surface area contributed by atoms with Gasteiger partial charge >= 0.3 is 0 Å². The number of aryl methyl sites for hydroxylation is 1. The first-order valence-corrected chi connectivity index (χ1v) is 18.1. The average molecular weight is 673 g/mol. The highest BCUT2D eigenvalue weighted by Crippen LogP contribution is 2.34. The van der Waals surface area contributed by atoms with Crippen LogP contribution in [-0.2, 0) is 29.5 Å². The number of likely N-dealkylation sites (tertiary alicyclic amines) is 1. The molecule has 1 aliphatic rings. The van der Waals surface area contributed by atoms with Crippen molar-refractivity contribution in [1.82, 2.24) is 25.3 Å².